The Kier molecular flexibility index (Phi) is 6.72. The highest BCUT2D eigenvalue weighted by molar-refractivity contribution is 8.01. The Morgan fingerprint density at radius 1 is 1.29 bits per heavy atom. The molecule has 0 saturated heterocycles. The number of hydrogen-bond acceptors (Lipinski definition) is 7. The molecule has 2 rings (SSSR count). The first-order valence-corrected chi connectivity index (χ1v) is 10.7. The molecule has 1 fully saturated rings. The predicted molar refractivity (Wildman–Crippen MR) is 88.6 cm³/mol. The van der Waals surface area contributed by atoms with Gasteiger partial charge in [0.25, 0.3) is 0 Å². The van der Waals surface area contributed by atoms with Gasteiger partial charge in [-0.15, -0.1) is 10.2 Å². The van der Waals surface area contributed by atoms with Gasteiger partial charge in [-0.1, -0.05) is 42.4 Å². The maximum absolute atomic E-state index is 11.3. The molecular weight excluding hydrogens is 328 g/mol. The van der Waals surface area contributed by atoms with E-state index in [4.69, 9.17) is 0 Å². The molecule has 1 saturated carbocycles. The molecule has 1 aliphatic rings. The first-order valence-electron chi connectivity index (χ1n) is 7.29. The minimum Gasteiger partial charge on any atom is -0.357 e. The van der Waals surface area contributed by atoms with Crippen molar-refractivity contribution < 1.29 is 8.42 Å². The number of nitrogens with one attached hydrogen (secondary N) is 2. The molecular formula is C12H22N4O2S3. The molecule has 6 nitrogen and oxygen atoms in total. The second kappa shape index (κ2) is 8.30. The number of sulfonamides is 1. The fourth-order valence-corrected chi connectivity index (χ4v) is 4.69. The third-order valence-corrected chi connectivity index (χ3v) is 6.76. The van der Waals surface area contributed by atoms with E-state index >= 15 is 0 Å². The van der Waals surface area contributed by atoms with Gasteiger partial charge in [0.1, 0.15) is 0 Å². The van der Waals surface area contributed by atoms with Crippen molar-refractivity contribution in [2.45, 2.75) is 49.4 Å². The Bertz CT molecular complexity index is 526. The lowest BCUT2D eigenvalue weighted by molar-refractivity contribution is 0.462. The van der Waals surface area contributed by atoms with Crippen LogP contribution in [-0.2, 0) is 10.0 Å². The minimum absolute atomic E-state index is 0.117. The molecule has 0 atom stereocenters. The van der Waals surface area contributed by atoms with Crippen molar-refractivity contribution in [3.63, 3.8) is 0 Å². The highest BCUT2D eigenvalue weighted by Gasteiger charge is 2.15. The second-order valence-electron chi connectivity index (χ2n) is 5.00. The molecule has 0 spiro atoms. The highest BCUT2D eigenvalue weighted by Crippen LogP contribution is 2.28. The number of aromatic nitrogens is 2. The van der Waals surface area contributed by atoms with Crippen molar-refractivity contribution in [3.05, 3.63) is 0 Å². The van der Waals surface area contributed by atoms with Gasteiger partial charge in [0.2, 0.25) is 15.2 Å². The molecule has 0 radical (unpaired) electrons. The van der Waals surface area contributed by atoms with Gasteiger partial charge in [-0.05, 0) is 19.8 Å². The van der Waals surface area contributed by atoms with E-state index in [-0.39, 0.29) is 5.75 Å². The fourth-order valence-electron chi connectivity index (χ4n) is 2.19. The first kappa shape index (κ1) is 17.0. The molecule has 0 bridgehead atoms. The second-order valence-corrected chi connectivity index (χ2v) is 9.41. The molecule has 0 aliphatic heterocycles. The molecule has 1 aromatic rings. The van der Waals surface area contributed by atoms with Crippen LogP contribution < -0.4 is 10.0 Å². The van der Waals surface area contributed by atoms with Crippen LogP contribution in [0.15, 0.2) is 4.34 Å². The van der Waals surface area contributed by atoms with Crippen molar-refractivity contribution in [1.82, 2.24) is 14.9 Å². The van der Waals surface area contributed by atoms with Crippen LogP contribution in [0.25, 0.3) is 0 Å². The van der Waals surface area contributed by atoms with Gasteiger partial charge in [-0.2, -0.15) is 0 Å². The summed E-state index contributed by atoms with van der Waals surface area (Å²) in [6.45, 7) is 2.05. The fraction of sp³-hybridized carbons (Fsp3) is 0.833. The summed E-state index contributed by atoms with van der Waals surface area (Å²) in [7, 11) is -3.10. The van der Waals surface area contributed by atoms with Crippen LogP contribution in [0.3, 0.4) is 0 Å². The number of rotatable bonds is 8. The summed E-state index contributed by atoms with van der Waals surface area (Å²) in [5, 5.41) is 12.6. The monoisotopic (exact) mass is 350 g/mol. The van der Waals surface area contributed by atoms with E-state index in [0.29, 0.717) is 18.3 Å². The molecule has 9 heteroatoms. The molecule has 0 unspecified atom stereocenters. The molecule has 2 N–H and O–H groups in total. The van der Waals surface area contributed by atoms with Gasteiger partial charge >= 0.3 is 0 Å². The maximum atomic E-state index is 11.3. The molecule has 1 aromatic heterocycles. The van der Waals surface area contributed by atoms with Crippen LogP contribution in [0, 0.1) is 0 Å². The zero-order valence-corrected chi connectivity index (χ0v) is 14.6. The Morgan fingerprint density at radius 3 is 2.76 bits per heavy atom. The summed E-state index contributed by atoms with van der Waals surface area (Å²) in [6.07, 6.45) is 6.33. The van der Waals surface area contributed by atoms with Crippen LogP contribution in [0.2, 0.25) is 0 Å². The van der Waals surface area contributed by atoms with E-state index in [2.05, 4.69) is 20.2 Å². The van der Waals surface area contributed by atoms with Gasteiger partial charge in [-0.25, -0.2) is 13.1 Å². The average Bonchev–Trinajstić information content (AvgIpc) is 2.92. The van der Waals surface area contributed by atoms with Crippen molar-refractivity contribution in [2.75, 3.05) is 23.4 Å². The summed E-state index contributed by atoms with van der Waals surface area (Å²) in [6, 6.07) is 0.529. The summed E-state index contributed by atoms with van der Waals surface area (Å²) in [5.74, 6) is 0.781. The molecule has 120 valence electrons. The van der Waals surface area contributed by atoms with Gasteiger partial charge in [0.15, 0.2) is 4.34 Å². The summed E-state index contributed by atoms with van der Waals surface area (Å²) < 4.78 is 26.0. The van der Waals surface area contributed by atoms with Gasteiger partial charge in [-0.3, -0.25) is 0 Å². The lowest BCUT2D eigenvalue weighted by Gasteiger charge is -2.21. The topological polar surface area (TPSA) is 84.0 Å². The van der Waals surface area contributed by atoms with Crippen molar-refractivity contribution in [1.29, 1.82) is 0 Å². The number of thioether (sulfide) groups is 1. The lowest BCUT2D eigenvalue weighted by Crippen LogP contribution is -2.27. The smallest absolute Gasteiger partial charge is 0.211 e. The van der Waals surface area contributed by atoms with E-state index < -0.39 is 10.0 Å². The quantitative estimate of drug-likeness (QED) is 0.553. The zero-order valence-electron chi connectivity index (χ0n) is 12.2. The van der Waals surface area contributed by atoms with E-state index in [1.54, 1.807) is 18.3 Å². The van der Waals surface area contributed by atoms with E-state index in [9.17, 15) is 8.42 Å². The third kappa shape index (κ3) is 6.09. The van der Waals surface area contributed by atoms with Gasteiger partial charge < -0.3 is 5.32 Å². The van der Waals surface area contributed by atoms with Crippen LogP contribution >= 0.6 is 23.1 Å². The molecule has 0 aromatic carbocycles. The Hall–Kier alpha value is -0.380. The van der Waals surface area contributed by atoms with E-state index in [1.807, 2.05) is 0 Å². The van der Waals surface area contributed by atoms with Gasteiger partial charge in [0, 0.05) is 18.3 Å². The van der Waals surface area contributed by atoms with Crippen molar-refractivity contribution in [3.8, 4) is 0 Å². The van der Waals surface area contributed by atoms with Crippen LogP contribution in [0.1, 0.15) is 39.0 Å². The summed E-state index contributed by atoms with van der Waals surface area (Å²) in [5.41, 5.74) is 0. The Labute approximate surface area is 134 Å². The molecule has 0 amide bonds. The largest absolute Gasteiger partial charge is 0.357 e. The van der Waals surface area contributed by atoms with E-state index in [0.717, 1.165) is 9.47 Å². The van der Waals surface area contributed by atoms with E-state index in [1.165, 1.54) is 43.9 Å². The average molecular weight is 351 g/mol. The number of nitrogens with zero attached hydrogens (tertiary/aromatic N) is 2. The molecule has 1 heterocycles. The Balaban J connectivity index is 1.70. The predicted octanol–water partition coefficient (Wildman–Crippen LogP) is 2.31. The summed E-state index contributed by atoms with van der Waals surface area (Å²) in [4.78, 5) is 0. The third-order valence-electron chi connectivity index (χ3n) is 3.37. The Morgan fingerprint density at radius 2 is 2.05 bits per heavy atom. The highest BCUT2D eigenvalue weighted by atomic mass is 32.2. The molecule has 1 aliphatic carbocycles. The SMILES string of the molecule is CCS(=O)(=O)NCCSc1nnc(NC2CCCCC2)s1. The zero-order chi connectivity index (χ0) is 15.1. The normalized spacial score (nSPS) is 17.0. The lowest BCUT2D eigenvalue weighted by atomic mass is 9.96. The standard InChI is InChI=1S/C12H22N4O2S3/c1-2-21(17,18)13-8-9-19-12-16-15-11(20-12)14-10-6-4-3-5-7-10/h10,13H,2-9H2,1H3,(H,14,15). The first-order chi connectivity index (χ1) is 10.1. The van der Waals surface area contributed by atoms with Crippen molar-refractivity contribution >= 4 is 38.3 Å². The number of hydrogen-bond donors (Lipinski definition) is 2. The van der Waals surface area contributed by atoms with Crippen LogP contribution in [-0.4, -0.2) is 42.7 Å². The minimum atomic E-state index is -3.10. The van der Waals surface area contributed by atoms with Crippen LogP contribution in [0.5, 0.6) is 0 Å². The van der Waals surface area contributed by atoms with Crippen LogP contribution in [0.4, 0.5) is 5.13 Å². The molecule has 21 heavy (non-hydrogen) atoms. The maximum Gasteiger partial charge on any atom is 0.211 e. The summed E-state index contributed by atoms with van der Waals surface area (Å²) >= 11 is 3.08. The van der Waals surface area contributed by atoms with Gasteiger partial charge in [0.05, 0.1) is 5.75 Å². The number of anilines is 1. The van der Waals surface area contributed by atoms with Crippen molar-refractivity contribution in [2.24, 2.45) is 0 Å².